The number of rotatable bonds is 15. The van der Waals surface area contributed by atoms with Gasteiger partial charge in [-0.1, -0.05) is 36.4 Å². The van der Waals surface area contributed by atoms with E-state index in [-0.39, 0.29) is 22.6 Å². The van der Waals surface area contributed by atoms with Crippen molar-refractivity contribution in [3.8, 4) is 5.75 Å². The topological polar surface area (TPSA) is 258 Å². The minimum Gasteiger partial charge on any atom is -0.463 e. The fourth-order valence-electron chi connectivity index (χ4n) is 6.31. The lowest BCUT2D eigenvalue weighted by atomic mass is 9.95. The first kappa shape index (κ1) is 44.6. The second kappa shape index (κ2) is 20.5. The molecule has 2 heterocycles. The molecule has 2 fully saturated rings. The zero-order valence-electron chi connectivity index (χ0n) is 32.5. The third-order valence-electron chi connectivity index (χ3n) is 8.82. The van der Waals surface area contributed by atoms with E-state index in [1.54, 1.807) is 36.4 Å². The van der Waals surface area contributed by atoms with Crippen LogP contribution in [-0.4, -0.2) is 120 Å². The Morgan fingerprint density at radius 1 is 0.583 bits per heavy atom. The van der Waals surface area contributed by atoms with Gasteiger partial charge in [0.2, 0.25) is 6.29 Å². The predicted octanol–water partition coefficient (Wildman–Crippen LogP) is 2.61. The quantitative estimate of drug-likeness (QED) is 0.0998. The summed E-state index contributed by atoms with van der Waals surface area (Å²) in [5.41, 5.74) is -0.216. The number of non-ortho nitro benzene ring substituents is 1. The van der Waals surface area contributed by atoms with Gasteiger partial charge < -0.3 is 52.5 Å². The third kappa shape index (κ3) is 11.6. The first-order chi connectivity index (χ1) is 28.6. The van der Waals surface area contributed by atoms with E-state index in [1.807, 2.05) is 0 Å². The maximum Gasteiger partial charge on any atom is 0.338 e. The summed E-state index contributed by atoms with van der Waals surface area (Å²) < 4.78 is 58.5. The molecule has 2 aliphatic heterocycles. The van der Waals surface area contributed by atoms with Gasteiger partial charge >= 0.3 is 35.8 Å². The van der Waals surface area contributed by atoms with Gasteiger partial charge in [-0.05, 0) is 36.4 Å². The van der Waals surface area contributed by atoms with Crippen LogP contribution in [0, 0.1) is 10.1 Å². The van der Waals surface area contributed by atoms with Crippen molar-refractivity contribution in [3.05, 3.63) is 106 Å². The van der Waals surface area contributed by atoms with Gasteiger partial charge in [0.05, 0.1) is 22.7 Å². The van der Waals surface area contributed by atoms with Crippen LogP contribution < -0.4 is 4.74 Å². The molecule has 0 spiro atoms. The zero-order valence-corrected chi connectivity index (χ0v) is 32.5. The number of nitrogens with zero attached hydrogens (tertiary/aromatic N) is 1. The van der Waals surface area contributed by atoms with Crippen molar-refractivity contribution in [2.24, 2.45) is 0 Å². The van der Waals surface area contributed by atoms with E-state index in [2.05, 4.69) is 0 Å². The van der Waals surface area contributed by atoms with E-state index in [0.29, 0.717) is 0 Å². The molecule has 0 saturated carbocycles. The second-order valence-electron chi connectivity index (χ2n) is 13.2. The van der Waals surface area contributed by atoms with Gasteiger partial charge in [0.15, 0.2) is 36.8 Å². The summed E-state index contributed by atoms with van der Waals surface area (Å²) in [7, 11) is 0. The molecule has 0 bridgehead atoms. The lowest BCUT2D eigenvalue weighted by Gasteiger charge is -2.48. The van der Waals surface area contributed by atoms with Crippen molar-refractivity contribution in [2.45, 2.75) is 89.1 Å². The van der Waals surface area contributed by atoms with E-state index >= 15 is 0 Å². The normalized spacial score (nSPS) is 26.0. The number of carbonyl (C=O) groups is 6. The van der Waals surface area contributed by atoms with Crippen LogP contribution in [0.2, 0.25) is 0 Å². The van der Waals surface area contributed by atoms with E-state index in [4.69, 9.17) is 47.4 Å². The number of aliphatic hydroxyl groups is 1. The van der Waals surface area contributed by atoms with Crippen molar-refractivity contribution >= 4 is 41.5 Å². The van der Waals surface area contributed by atoms with E-state index in [9.17, 15) is 44.0 Å². The Bertz CT molecular complexity index is 1990. The lowest BCUT2D eigenvalue weighted by molar-refractivity contribution is -0.384. The molecule has 3 aromatic rings. The fourth-order valence-corrected chi connectivity index (χ4v) is 6.31. The van der Waals surface area contributed by atoms with Gasteiger partial charge in [-0.3, -0.25) is 29.3 Å². The summed E-state index contributed by atoms with van der Waals surface area (Å²) in [5, 5.41) is 22.1. The smallest absolute Gasteiger partial charge is 0.338 e. The predicted molar refractivity (Wildman–Crippen MR) is 198 cm³/mol. The molecule has 60 heavy (non-hydrogen) atoms. The first-order valence-corrected chi connectivity index (χ1v) is 18.3. The molecule has 2 saturated heterocycles. The van der Waals surface area contributed by atoms with Crippen molar-refractivity contribution in [2.75, 3.05) is 13.2 Å². The molecule has 320 valence electrons. The van der Waals surface area contributed by atoms with Gasteiger partial charge in [0.25, 0.3) is 5.69 Å². The Hall–Kier alpha value is -6.48. The summed E-state index contributed by atoms with van der Waals surface area (Å²) in [4.78, 5) is 87.7. The summed E-state index contributed by atoms with van der Waals surface area (Å²) in [5.74, 6) is -5.56. The van der Waals surface area contributed by atoms with Gasteiger partial charge in [-0.2, -0.15) is 0 Å². The van der Waals surface area contributed by atoms with Crippen molar-refractivity contribution in [1.29, 1.82) is 0 Å². The molecule has 0 aliphatic carbocycles. The Morgan fingerprint density at radius 2 is 1.05 bits per heavy atom. The molecule has 20 heteroatoms. The molecule has 3 aromatic carbocycles. The molecule has 2 aliphatic rings. The standard InChI is InChI=1S/C40H41NO19/c1-21(43)51-20-30-32(52-22(2)44)33(53-23(3)45)35(54-24(4)46)40(57-30)60-34-31(58-37(47)25-11-7-5-8-12-25)29(19-42)56-39(55-28-17-15-27(16-18-28)41(49)50)36(34)59-38(48)26-13-9-6-10-14-26/h5-18,29-36,39-40,42H,19-20H2,1-4H3/t29-,30-,31-,32-,33+,34+,35+,36+,39-,40-/m1/s1. The van der Waals surface area contributed by atoms with Gasteiger partial charge in [0, 0.05) is 39.8 Å². The van der Waals surface area contributed by atoms with Crippen LogP contribution in [0.5, 0.6) is 5.75 Å². The molecule has 1 N–H and O–H groups in total. The van der Waals surface area contributed by atoms with Crippen molar-refractivity contribution in [1.82, 2.24) is 0 Å². The van der Waals surface area contributed by atoms with Crippen LogP contribution in [0.3, 0.4) is 0 Å². The number of carbonyl (C=O) groups excluding carboxylic acids is 6. The Labute approximate surface area is 341 Å². The van der Waals surface area contributed by atoms with E-state index in [0.717, 1.165) is 39.8 Å². The van der Waals surface area contributed by atoms with Gasteiger partial charge in [-0.25, -0.2) is 9.59 Å². The van der Waals surface area contributed by atoms with Gasteiger partial charge in [0.1, 0.15) is 30.7 Å². The molecule has 0 radical (unpaired) electrons. The number of nitro benzene ring substituents is 1. The number of aliphatic hydroxyl groups excluding tert-OH is 1. The Balaban J connectivity index is 1.66. The first-order valence-electron chi connectivity index (χ1n) is 18.3. The van der Waals surface area contributed by atoms with E-state index < -0.39 is 115 Å². The fraction of sp³-hybridized carbons (Fsp3) is 0.400. The summed E-state index contributed by atoms with van der Waals surface area (Å²) >= 11 is 0. The molecule has 0 amide bonds. The van der Waals surface area contributed by atoms with E-state index in [1.165, 1.54) is 36.4 Å². The molecule has 10 atom stereocenters. The van der Waals surface area contributed by atoms with Crippen molar-refractivity contribution in [3.63, 3.8) is 0 Å². The molecule has 0 unspecified atom stereocenters. The number of hydrogen-bond donors (Lipinski definition) is 1. The van der Waals surface area contributed by atoms with Crippen molar-refractivity contribution < 1.29 is 86.2 Å². The summed E-state index contributed by atoms with van der Waals surface area (Å²) in [6.45, 7) is 2.64. The van der Waals surface area contributed by atoms with Gasteiger partial charge in [-0.15, -0.1) is 0 Å². The largest absolute Gasteiger partial charge is 0.463 e. The molecule has 0 aromatic heterocycles. The van der Waals surface area contributed by atoms with Crippen LogP contribution >= 0.6 is 0 Å². The van der Waals surface area contributed by atoms with Crippen LogP contribution in [0.4, 0.5) is 5.69 Å². The lowest BCUT2D eigenvalue weighted by Crippen LogP contribution is -2.67. The van der Waals surface area contributed by atoms with Crippen LogP contribution in [-0.2, 0) is 61.8 Å². The Kier molecular flexibility index (Phi) is 15.2. The highest BCUT2D eigenvalue weighted by Crippen LogP contribution is 2.36. The van der Waals surface area contributed by atoms with Crippen LogP contribution in [0.25, 0.3) is 0 Å². The number of esters is 6. The number of hydrogen-bond acceptors (Lipinski definition) is 19. The maximum atomic E-state index is 13.8. The SMILES string of the molecule is CC(=O)OC[C@H]1O[C@H](O[C@@H]2[C@H](OC(=O)c3ccccc3)[C@H](Oc3ccc([N+](=O)[O-])cc3)O[C@H](CO)[C@H]2OC(=O)c2ccccc2)[C@@H](OC(C)=O)[C@@H](OC(C)=O)[C@@H]1OC(C)=O. The average Bonchev–Trinajstić information content (AvgIpc) is 3.21. The highest BCUT2D eigenvalue weighted by atomic mass is 16.8. The molecular weight excluding hydrogens is 798 g/mol. The number of ether oxygens (including phenoxy) is 10. The summed E-state index contributed by atoms with van der Waals surface area (Å²) in [6, 6.07) is 19.9. The highest BCUT2D eigenvalue weighted by molar-refractivity contribution is 5.90. The van der Waals surface area contributed by atoms with Crippen LogP contribution in [0.15, 0.2) is 84.9 Å². The number of benzene rings is 3. The summed E-state index contributed by atoms with van der Waals surface area (Å²) in [6.07, 6.45) is -17.1. The monoisotopic (exact) mass is 839 g/mol. The second-order valence-corrected chi connectivity index (χ2v) is 13.2. The molecule has 5 rings (SSSR count). The minimum atomic E-state index is -1.93. The zero-order chi connectivity index (χ0) is 43.5. The highest BCUT2D eigenvalue weighted by Gasteiger charge is 2.58. The minimum absolute atomic E-state index is 0.0275. The number of nitro groups is 1. The average molecular weight is 840 g/mol. The molecule has 20 nitrogen and oxygen atoms in total. The maximum absolute atomic E-state index is 13.8. The molecular formula is C40H41NO19. The van der Waals surface area contributed by atoms with Crippen LogP contribution in [0.1, 0.15) is 48.4 Å². The Morgan fingerprint density at radius 3 is 1.55 bits per heavy atom. The third-order valence-corrected chi connectivity index (χ3v) is 8.82.